The molecule has 0 bridgehead atoms. The molecule has 1 aromatic rings. The molecule has 2 N–H and O–H groups in total. The molecule has 4 heteroatoms. The highest BCUT2D eigenvalue weighted by Crippen LogP contribution is 2.17. The predicted octanol–water partition coefficient (Wildman–Crippen LogP) is 1.13. The van der Waals surface area contributed by atoms with Crippen molar-refractivity contribution in [1.29, 1.82) is 0 Å². The van der Waals surface area contributed by atoms with Gasteiger partial charge in [-0.3, -0.25) is 9.59 Å². The smallest absolute Gasteiger partial charge is 0.254 e. The molecule has 0 saturated heterocycles. The molecule has 0 fully saturated rings. The summed E-state index contributed by atoms with van der Waals surface area (Å²) in [5.74, 6) is -0.769. The third-order valence-electron chi connectivity index (χ3n) is 3.04. The van der Waals surface area contributed by atoms with Gasteiger partial charge in [0, 0.05) is 12.6 Å². The van der Waals surface area contributed by atoms with Crippen molar-refractivity contribution in [3.05, 3.63) is 35.4 Å². The molecular formula is C13H17N2O2. The molecular weight excluding hydrogens is 216 g/mol. The van der Waals surface area contributed by atoms with Crippen LogP contribution in [-0.4, -0.2) is 29.3 Å². The van der Waals surface area contributed by atoms with E-state index in [-0.39, 0.29) is 5.91 Å². The van der Waals surface area contributed by atoms with Crippen LogP contribution < -0.4 is 5.73 Å². The highest BCUT2D eigenvalue weighted by molar-refractivity contribution is 5.99. The first-order valence-corrected chi connectivity index (χ1v) is 5.34. The third-order valence-corrected chi connectivity index (χ3v) is 3.04. The second-order valence-electron chi connectivity index (χ2n) is 4.50. The van der Waals surface area contributed by atoms with Gasteiger partial charge >= 0.3 is 0 Å². The Balaban J connectivity index is 3.07. The number of aryl methyl sites for hydroxylation is 1. The Bertz CT molecular complexity index is 452. The van der Waals surface area contributed by atoms with Gasteiger partial charge in [0.15, 0.2) is 0 Å². The number of carbonyl (C=O) groups excluding carboxylic acids is 2. The van der Waals surface area contributed by atoms with Crippen LogP contribution in [0.3, 0.4) is 0 Å². The van der Waals surface area contributed by atoms with Crippen LogP contribution in [0, 0.1) is 13.0 Å². The van der Waals surface area contributed by atoms with Crippen molar-refractivity contribution in [3.63, 3.8) is 0 Å². The van der Waals surface area contributed by atoms with Crippen LogP contribution in [0.2, 0.25) is 0 Å². The van der Waals surface area contributed by atoms with Gasteiger partial charge in [0.05, 0.1) is 0 Å². The highest BCUT2D eigenvalue weighted by Gasteiger charge is 2.34. The number of nitrogens with zero attached hydrogens (tertiary/aromatic N) is 1. The van der Waals surface area contributed by atoms with Crippen molar-refractivity contribution in [2.45, 2.75) is 26.3 Å². The van der Waals surface area contributed by atoms with Gasteiger partial charge in [0.1, 0.15) is 5.54 Å². The van der Waals surface area contributed by atoms with Crippen LogP contribution in [0.4, 0.5) is 0 Å². The number of amides is 2. The second-order valence-corrected chi connectivity index (χ2v) is 4.50. The second kappa shape index (κ2) is 4.57. The largest absolute Gasteiger partial charge is 0.368 e. The van der Waals surface area contributed by atoms with E-state index in [0.717, 1.165) is 5.56 Å². The highest BCUT2D eigenvalue weighted by atomic mass is 16.2. The van der Waals surface area contributed by atoms with Gasteiger partial charge in [-0.25, -0.2) is 0 Å². The van der Waals surface area contributed by atoms with E-state index in [4.69, 9.17) is 5.73 Å². The summed E-state index contributed by atoms with van der Waals surface area (Å²) in [6.45, 7) is 5.04. The van der Waals surface area contributed by atoms with E-state index in [1.807, 2.05) is 0 Å². The average molecular weight is 233 g/mol. The first-order valence-electron chi connectivity index (χ1n) is 5.34. The van der Waals surface area contributed by atoms with Crippen molar-refractivity contribution in [1.82, 2.24) is 4.90 Å². The Morgan fingerprint density at radius 1 is 1.41 bits per heavy atom. The van der Waals surface area contributed by atoms with E-state index < -0.39 is 11.4 Å². The number of hydrogen-bond donors (Lipinski definition) is 1. The van der Waals surface area contributed by atoms with Crippen LogP contribution in [0.25, 0.3) is 0 Å². The van der Waals surface area contributed by atoms with Gasteiger partial charge in [0.25, 0.3) is 5.91 Å². The Labute approximate surface area is 101 Å². The van der Waals surface area contributed by atoms with E-state index >= 15 is 0 Å². The Morgan fingerprint density at radius 2 is 2.00 bits per heavy atom. The molecule has 0 saturated carbocycles. The number of carbonyl (C=O) groups is 2. The fourth-order valence-electron chi connectivity index (χ4n) is 1.35. The average Bonchev–Trinajstić information content (AvgIpc) is 2.27. The SMILES string of the molecule is Cc1[c]cccc1C(=O)N(C)C(C)(C)C(N)=O. The Hall–Kier alpha value is -1.84. The van der Waals surface area contributed by atoms with Gasteiger partial charge in [-0.2, -0.15) is 0 Å². The molecule has 0 aliphatic carbocycles. The summed E-state index contributed by atoms with van der Waals surface area (Å²) in [5.41, 5.74) is 5.56. The zero-order valence-electron chi connectivity index (χ0n) is 10.6. The Kier molecular flexibility index (Phi) is 3.56. The molecule has 91 valence electrons. The molecule has 2 amide bonds. The van der Waals surface area contributed by atoms with Crippen LogP contribution in [0.15, 0.2) is 18.2 Å². The molecule has 0 atom stereocenters. The number of rotatable bonds is 3. The zero-order chi connectivity index (χ0) is 13.2. The lowest BCUT2D eigenvalue weighted by Gasteiger charge is -2.32. The number of hydrogen-bond acceptors (Lipinski definition) is 2. The van der Waals surface area contributed by atoms with Crippen molar-refractivity contribution >= 4 is 11.8 Å². The molecule has 1 aromatic carbocycles. The summed E-state index contributed by atoms with van der Waals surface area (Å²) in [6, 6.07) is 8.15. The lowest BCUT2D eigenvalue weighted by Crippen LogP contribution is -2.53. The van der Waals surface area contributed by atoms with Crippen molar-refractivity contribution in [2.24, 2.45) is 5.73 Å². The van der Waals surface area contributed by atoms with E-state index in [0.29, 0.717) is 5.56 Å². The molecule has 1 radical (unpaired) electrons. The molecule has 0 spiro atoms. The van der Waals surface area contributed by atoms with E-state index in [9.17, 15) is 9.59 Å². The molecule has 4 nitrogen and oxygen atoms in total. The molecule has 0 aliphatic heterocycles. The fourth-order valence-corrected chi connectivity index (χ4v) is 1.35. The summed E-state index contributed by atoms with van der Waals surface area (Å²) in [6.07, 6.45) is 0. The van der Waals surface area contributed by atoms with Crippen LogP contribution in [0.5, 0.6) is 0 Å². The molecule has 0 aliphatic rings. The third kappa shape index (κ3) is 2.46. The topological polar surface area (TPSA) is 63.4 Å². The number of benzene rings is 1. The normalized spacial score (nSPS) is 11.1. The van der Waals surface area contributed by atoms with Gasteiger partial charge in [-0.15, -0.1) is 0 Å². The summed E-state index contributed by atoms with van der Waals surface area (Å²) in [5, 5.41) is 0. The quantitative estimate of drug-likeness (QED) is 0.850. The fraction of sp³-hybridized carbons (Fsp3) is 0.385. The van der Waals surface area contributed by atoms with Gasteiger partial charge < -0.3 is 10.6 Å². The maximum absolute atomic E-state index is 12.2. The maximum Gasteiger partial charge on any atom is 0.254 e. The van der Waals surface area contributed by atoms with Crippen LogP contribution in [0.1, 0.15) is 29.8 Å². The van der Waals surface area contributed by atoms with Crippen molar-refractivity contribution < 1.29 is 9.59 Å². The lowest BCUT2D eigenvalue weighted by molar-refractivity contribution is -0.126. The van der Waals surface area contributed by atoms with E-state index in [1.165, 1.54) is 4.90 Å². The number of primary amides is 1. The molecule has 0 aromatic heterocycles. The minimum absolute atomic E-state index is 0.233. The number of likely N-dealkylation sites (N-methyl/N-ethyl adjacent to an activating group) is 1. The molecule has 17 heavy (non-hydrogen) atoms. The van der Waals surface area contributed by atoms with Gasteiger partial charge in [-0.1, -0.05) is 12.1 Å². The summed E-state index contributed by atoms with van der Waals surface area (Å²) in [4.78, 5) is 24.9. The van der Waals surface area contributed by atoms with E-state index in [1.54, 1.807) is 46.0 Å². The predicted molar refractivity (Wildman–Crippen MR) is 65.4 cm³/mol. The zero-order valence-corrected chi connectivity index (χ0v) is 10.6. The number of nitrogens with two attached hydrogens (primary N) is 1. The van der Waals surface area contributed by atoms with Crippen LogP contribution in [-0.2, 0) is 4.79 Å². The summed E-state index contributed by atoms with van der Waals surface area (Å²) >= 11 is 0. The van der Waals surface area contributed by atoms with Crippen molar-refractivity contribution in [3.8, 4) is 0 Å². The van der Waals surface area contributed by atoms with Crippen LogP contribution >= 0.6 is 0 Å². The van der Waals surface area contributed by atoms with E-state index in [2.05, 4.69) is 6.07 Å². The minimum atomic E-state index is -1.01. The standard InChI is InChI=1S/C13H17N2O2/c1-9-7-5-6-8-10(9)11(16)15(4)13(2,3)12(14)17/h5-6,8H,1-4H3,(H2,14,17). The molecule has 0 heterocycles. The van der Waals surface area contributed by atoms with Gasteiger partial charge in [0.2, 0.25) is 5.91 Å². The first-order chi connectivity index (χ1) is 7.78. The lowest BCUT2D eigenvalue weighted by atomic mass is 10.00. The first kappa shape index (κ1) is 13.2. The summed E-state index contributed by atoms with van der Waals surface area (Å²) in [7, 11) is 1.57. The van der Waals surface area contributed by atoms with Crippen molar-refractivity contribution in [2.75, 3.05) is 7.05 Å². The Morgan fingerprint density at radius 3 is 2.47 bits per heavy atom. The molecule has 0 unspecified atom stereocenters. The molecule has 1 rings (SSSR count). The monoisotopic (exact) mass is 233 g/mol. The summed E-state index contributed by atoms with van der Waals surface area (Å²) < 4.78 is 0. The van der Waals surface area contributed by atoms with Gasteiger partial charge in [-0.05, 0) is 38.5 Å². The minimum Gasteiger partial charge on any atom is -0.368 e. The maximum atomic E-state index is 12.2.